The molecule has 0 aromatic heterocycles. The molecule has 2 aliphatic rings. The van der Waals surface area contributed by atoms with Gasteiger partial charge in [-0.1, -0.05) is 0 Å². The van der Waals surface area contributed by atoms with E-state index < -0.39 is 17.5 Å². The van der Waals surface area contributed by atoms with Crippen LogP contribution in [0.25, 0.3) is 5.70 Å². The van der Waals surface area contributed by atoms with Crippen molar-refractivity contribution in [1.29, 1.82) is 0 Å². The molecule has 3 rings (SSSR count). The van der Waals surface area contributed by atoms with E-state index in [0.717, 1.165) is 23.7 Å². The summed E-state index contributed by atoms with van der Waals surface area (Å²) in [7, 11) is 1.60. The Morgan fingerprint density at radius 1 is 1.44 bits per heavy atom. The summed E-state index contributed by atoms with van der Waals surface area (Å²) in [4.78, 5) is 16.1. The Balaban J connectivity index is 1.80. The predicted octanol–water partition coefficient (Wildman–Crippen LogP) is -0.768. The fraction of sp³-hybridized carbons (Fsp3) is 0.556. The van der Waals surface area contributed by atoms with Gasteiger partial charge in [-0.25, -0.2) is 0 Å². The van der Waals surface area contributed by atoms with Crippen molar-refractivity contribution >= 4 is 11.7 Å². The maximum atomic E-state index is 11.8. The smallest absolute Gasteiger partial charge is 0.309 e. The molecule has 0 spiro atoms. The van der Waals surface area contributed by atoms with E-state index >= 15 is 0 Å². The van der Waals surface area contributed by atoms with Crippen LogP contribution in [0.3, 0.4) is 0 Å². The summed E-state index contributed by atoms with van der Waals surface area (Å²) in [6, 6.07) is 5.56. The van der Waals surface area contributed by atoms with E-state index in [1.807, 2.05) is 18.2 Å². The number of nitrogens with one attached hydrogen (secondary N) is 2. The van der Waals surface area contributed by atoms with Crippen LogP contribution in [0, 0.1) is 5.41 Å². The summed E-state index contributed by atoms with van der Waals surface area (Å²) in [6.45, 7) is 2.25. The highest BCUT2D eigenvalue weighted by molar-refractivity contribution is 5.74. The predicted molar refractivity (Wildman–Crippen MR) is 92.8 cm³/mol. The summed E-state index contributed by atoms with van der Waals surface area (Å²) in [5.74, 6) is -0.0372. The maximum absolute atomic E-state index is 11.8. The Labute approximate surface area is 146 Å². The number of carboxylic acids is 1. The van der Waals surface area contributed by atoms with Gasteiger partial charge in [-0.3, -0.25) is 9.79 Å². The van der Waals surface area contributed by atoms with Crippen LogP contribution in [0.1, 0.15) is 19.3 Å². The maximum Gasteiger partial charge on any atom is 0.309 e. The van der Waals surface area contributed by atoms with Gasteiger partial charge in [0.15, 0.2) is 0 Å². The molecular formula is C18H25N3O4. The molecule has 0 radical (unpaired) electrons. The molecule has 7 heteroatoms. The number of rotatable bonds is 6. The summed E-state index contributed by atoms with van der Waals surface area (Å²) < 4.78 is 5.26. The molecule has 0 amide bonds. The van der Waals surface area contributed by atoms with Gasteiger partial charge in [0.1, 0.15) is 11.9 Å². The van der Waals surface area contributed by atoms with Gasteiger partial charge in [0.05, 0.1) is 30.1 Å². The lowest BCUT2D eigenvalue weighted by molar-refractivity contribution is -0.151. The largest absolute Gasteiger partial charge is 0.497 e. The van der Waals surface area contributed by atoms with E-state index in [4.69, 9.17) is 4.74 Å². The fourth-order valence-corrected chi connectivity index (χ4v) is 3.58. The first kappa shape index (κ1) is 17.7. The lowest BCUT2D eigenvalue weighted by Crippen LogP contribution is -2.46. The first-order chi connectivity index (χ1) is 12.1. The number of piperidine rings is 1. The Hall–Kier alpha value is -2.12. The first-order valence-electron chi connectivity index (χ1n) is 8.64. The molecule has 136 valence electrons. The van der Waals surface area contributed by atoms with Gasteiger partial charge in [0, 0.05) is 11.8 Å². The van der Waals surface area contributed by atoms with Crippen LogP contribution >= 0.6 is 0 Å². The molecule has 1 aromatic rings. The second-order valence-electron chi connectivity index (χ2n) is 6.67. The van der Waals surface area contributed by atoms with Crippen molar-refractivity contribution in [3.05, 3.63) is 28.8 Å². The molecule has 0 bridgehead atoms. The van der Waals surface area contributed by atoms with Crippen molar-refractivity contribution in [2.24, 2.45) is 10.4 Å². The Morgan fingerprint density at radius 3 is 2.88 bits per heavy atom. The van der Waals surface area contributed by atoms with Gasteiger partial charge in [-0.2, -0.15) is 0 Å². The van der Waals surface area contributed by atoms with Crippen molar-refractivity contribution in [3.63, 3.8) is 0 Å². The number of carboxylic acid groups (broad SMARTS) is 1. The molecule has 1 saturated heterocycles. The van der Waals surface area contributed by atoms with Crippen molar-refractivity contribution in [2.75, 3.05) is 33.3 Å². The number of aliphatic hydroxyl groups is 1. The SMILES string of the molecule is COc1ccc2c(c1)=C(NCCC1(C(=O)O)CCNCC1)C(O)CN=2. The van der Waals surface area contributed by atoms with Crippen LogP contribution in [0.5, 0.6) is 5.75 Å². The third kappa shape index (κ3) is 3.62. The number of hydrogen-bond acceptors (Lipinski definition) is 6. The van der Waals surface area contributed by atoms with Crippen LogP contribution in [0.4, 0.5) is 0 Å². The van der Waals surface area contributed by atoms with E-state index in [1.54, 1.807) is 7.11 Å². The summed E-state index contributed by atoms with van der Waals surface area (Å²) in [5, 5.41) is 28.1. The van der Waals surface area contributed by atoms with Crippen LogP contribution in [0.15, 0.2) is 23.2 Å². The van der Waals surface area contributed by atoms with E-state index in [1.165, 1.54) is 0 Å². The molecule has 25 heavy (non-hydrogen) atoms. The Kier molecular flexibility index (Phi) is 5.24. The topological polar surface area (TPSA) is 103 Å². The highest BCUT2D eigenvalue weighted by Crippen LogP contribution is 2.32. The molecule has 1 unspecified atom stereocenters. The quantitative estimate of drug-likeness (QED) is 0.539. The minimum atomic E-state index is -0.734. The molecule has 1 atom stereocenters. The van der Waals surface area contributed by atoms with E-state index in [0.29, 0.717) is 43.8 Å². The summed E-state index contributed by atoms with van der Waals surface area (Å²) in [6.07, 6.45) is 1.06. The molecule has 7 nitrogen and oxygen atoms in total. The standard InChI is InChI=1S/C18H25N3O4/c1-25-12-2-3-14-13(10-12)16(15(22)11-21-14)20-9-6-18(17(23)24)4-7-19-8-5-18/h2-3,10,15,19-20,22H,4-9,11H2,1H3,(H,23,24). The summed E-state index contributed by atoms with van der Waals surface area (Å²) in [5.41, 5.74) is -0.00149. The van der Waals surface area contributed by atoms with Gasteiger partial charge in [0.2, 0.25) is 0 Å². The zero-order valence-electron chi connectivity index (χ0n) is 14.4. The average molecular weight is 347 g/mol. The number of nitrogens with zero attached hydrogens (tertiary/aromatic N) is 1. The number of benzene rings is 1. The average Bonchev–Trinajstić information content (AvgIpc) is 2.63. The highest BCUT2D eigenvalue weighted by Gasteiger charge is 2.39. The Morgan fingerprint density at radius 2 is 2.20 bits per heavy atom. The second-order valence-corrected chi connectivity index (χ2v) is 6.67. The lowest BCUT2D eigenvalue weighted by atomic mass is 9.76. The number of ether oxygens (including phenoxy) is 1. The van der Waals surface area contributed by atoms with Crippen molar-refractivity contribution in [1.82, 2.24) is 10.6 Å². The van der Waals surface area contributed by atoms with E-state index in [-0.39, 0.29) is 0 Å². The number of carbonyl (C=O) groups is 1. The molecular weight excluding hydrogens is 322 g/mol. The minimum Gasteiger partial charge on any atom is -0.497 e. The highest BCUT2D eigenvalue weighted by atomic mass is 16.5. The lowest BCUT2D eigenvalue weighted by Gasteiger charge is -2.34. The van der Waals surface area contributed by atoms with Gasteiger partial charge in [-0.15, -0.1) is 0 Å². The monoisotopic (exact) mass is 347 g/mol. The summed E-state index contributed by atoms with van der Waals surface area (Å²) >= 11 is 0. The third-order valence-corrected chi connectivity index (χ3v) is 5.20. The number of fused-ring (bicyclic) bond motifs is 1. The van der Waals surface area contributed by atoms with Crippen LogP contribution in [0.2, 0.25) is 0 Å². The zero-order chi connectivity index (χ0) is 17.9. The van der Waals surface area contributed by atoms with Crippen molar-refractivity contribution in [2.45, 2.75) is 25.4 Å². The number of aliphatic hydroxyl groups excluding tert-OH is 1. The van der Waals surface area contributed by atoms with Crippen LogP contribution in [-0.2, 0) is 4.79 Å². The van der Waals surface area contributed by atoms with Crippen molar-refractivity contribution < 1.29 is 19.7 Å². The fourth-order valence-electron chi connectivity index (χ4n) is 3.58. The Bertz CT molecular complexity index is 756. The van der Waals surface area contributed by atoms with Crippen molar-refractivity contribution in [3.8, 4) is 5.75 Å². The molecule has 0 saturated carbocycles. The molecule has 4 N–H and O–H groups in total. The van der Waals surface area contributed by atoms with Crippen LogP contribution in [-0.4, -0.2) is 55.6 Å². The van der Waals surface area contributed by atoms with E-state index in [9.17, 15) is 15.0 Å². The molecule has 2 aliphatic heterocycles. The van der Waals surface area contributed by atoms with Gasteiger partial charge in [0.25, 0.3) is 0 Å². The zero-order valence-corrected chi connectivity index (χ0v) is 14.4. The van der Waals surface area contributed by atoms with Gasteiger partial charge >= 0.3 is 5.97 Å². The third-order valence-electron chi connectivity index (χ3n) is 5.20. The van der Waals surface area contributed by atoms with Gasteiger partial charge < -0.3 is 25.6 Å². The minimum absolute atomic E-state index is 0.301. The number of hydrogen-bond donors (Lipinski definition) is 4. The molecule has 2 heterocycles. The number of methoxy groups -OCH3 is 1. The molecule has 1 aromatic carbocycles. The first-order valence-corrected chi connectivity index (χ1v) is 8.64. The molecule has 0 aliphatic carbocycles. The van der Waals surface area contributed by atoms with Gasteiger partial charge in [-0.05, 0) is 50.6 Å². The second kappa shape index (κ2) is 7.41. The number of aliphatic carboxylic acids is 1. The molecule has 1 fully saturated rings. The van der Waals surface area contributed by atoms with E-state index in [2.05, 4.69) is 15.6 Å². The van der Waals surface area contributed by atoms with Crippen LogP contribution < -0.4 is 25.9 Å². The normalized spacial score (nSPS) is 21.8.